The molecule has 12 heteroatoms. The Bertz CT molecular complexity index is 1920. The summed E-state index contributed by atoms with van der Waals surface area (Å²) in [4.78, 5) is 43.0. The molecular formula is C37H35ClF3N3O4S. The topological polar surface area (TPSA) is 82.9 Å². The Kier molecular flexibility index (Phi) is 10.7. The molecule has 2 aliphatic heterocycles. The number of nitrogens with zero attached hydrogens (tertiary/aromatic N) is 2. The standard InChI is InChI=1S/C37H35ClF3N3O4S/c38-27-10-8-24(9-11-27)19-28(42-36(47)34-22-32(45)30-21-29(49-37(39,40)41)12-13-33(30)48-34)20-25-14-17-43(18-15-25)31-6-2-1-5-26(31)23-44-16-4-3-7-35(44)46/h1-2,5-6,8-13,20-22,28H,3-4,7,14-19,23H2,(H,42,47)/t28-/m0/s1. The Morgan fingerprint density at radius 1 is 0.959 bits per heavy atom. The SMILES string of the molecule is O=C(N[C@H](C=C1CCN(c2ccccc2CN2CCCCC2=O)CC1)Cc1ccc(Cl)cc1)c1cc(=O)c2cc(SC(F)(F)F)ccc2o1. The van der Waals surface area contributed by atoms with E-state index >= 15 is 0 Å². The summed E-state index contributed by atoms with van der Waals surface area (Å²) in [6.45, 7) is 2.92. The number of hydrogen-bond donors (Lipinski definition) is 1. The van der Waals surface area contributed by atoms with E-state index in [1.54, 1.807) is 12.1 Å². The van der Waals surface area contributed by atoms with Crippen LogP contribution in [0.4, 0.5) is 18.9 Å². The van der Waals surface area contributed by atoms with Crippen LogP contribution in [-0.2, 0) is 17.8 Å². The summed E-state index contributed by atoms with van der Waals surface area (Å²) in [7, 11) is 0. The summed E-state index contributed by atoms with van der Waals surface area (Å²) in [5, 5.41) is 3.55. The molecule has 0 spiro atoms. The first-order valence-corrected chi connectivity index (χ1v) is 17.4. The molecule has 3 aromatic carbocycles. The molecule has 2 amide bonds. The second-order valence-corrected chi connectivity index (χ2v) is 13.9. The van der Waals surface area contributed by atoms with Gasteiger partial charge in [0.05, 0.1) is 11.4 Å². The van der Waals surface area contributed by atoms with Gasteiger partial charge in [-0.3, -0.25) is 14.4 Å². The van der Waals surface area contributed by atoms with Crippen LogP contribution >= 0.6 is 23.4 Å². The van der Waals surface area contributed by atoms with Crippen LogP contribution in [0, 0.1) is 0 Å². The summed E-state index contributed by atoms with van der Waals surface area (Å²) in [6.07, 6.45) is 6.63. The Balaban J connectivity index is 1.18. The molecule has 0 aliphatic carbocycles. The zero-order valence-corrected chi connectivity index (χ0v) is 28.2. The molecule has 6 rings (SSSR count). The third-order valence-corrected chi connectivity index (χ3v) is 9.77. The second-order valence-electron chi connectivity index (χ2n) is 12.3. The van der Waals surface area contributed by atoms with Crippen LogP contribution in [0.1, 0.15) is 53.8 Å². The van der Waals surface area contributed by atoms with Gasteiger partial charge in [-0.05, 0) is 91.4 Å². The van der Waals surface area contributed by atoms with Crippen molar-refractivity contribution in [3.05, 3.63) is 117 Å². The first-order chi connectivity index (χ1) is 23.5. The van der Waals surface area contributed by atoms with Crippen molar-refractivity contribution in [2.45, 2.75) is 61.5 Å². The number of halogens is 4. The van der Waals surface area contributed by atoms with Gasteiger partial charge in [0.15, 0.2) is 11.2 Å². The van der Waals surface area contributed by atoms with E-state index in [-0.39, 0.29) is 39.3 Å². The van der Waals surface area contributed by atoms with Gasteiger partial charge in [0.25, 0.3) is 5.91 Å². The molecule has 1 atom stereocenters. The second kappa shape index (κ2) is 15.1. The largest absolute Gasteiger partial charge is 0.451 e. The fourth-order valence-corrected chi connectivity index (χ4v) is 7.09. The van der Waals surface area contributed by atoms with Crippen molar-refractivity contribution in [2.24, 2.45) is 0 Å². The van der Waals surface area contributed by atoms with Crippen LogP contribution in [0.5, 0.6) is 0 Å². The van der Waals surface area contributed by atoms with Crippen molar-refractivity contribution in [3.63, 3.8) is 0 Å². The molecule has 0 radical (unpaired) electrons. The Morgan fingerprint density at radius 3 is 2.45 bits per heavy atom. The smallest absolute Gasteiger partial charge is 0.446 e. The van der Waals surface area contributed by atoms with Crippen molar-refractivity contribution < 1.29 is 27.2 Å². The first-order valence-electron chi connectivity index (χ1n) is 16.2. The van der Waals surface area contributed by atoms with E-state index in [4.69, 9.17) is 16.0 Å². The number of hydrogen-bond acceptors (Lipinski definition) is 6. The maximum atomic E-state index is 13.5. The number of amides is 2. The minimum atomic E-state index is -4.50. The van der Waals surface area contributed by atoms with E-state index < -0.39 is 22.9 Å². The lowest BCUT2D eigenvalue weighted by Gasteiger charge is -2.34. The molecule has 7 nitrogen and oxygen atoms in total. The molecule has 4 aromatic rings. The van der Waals surface area contributed by atoms with Crippen LogP contribution in [0.2, 0.25) is 5.02 Å². The van der Waals surface area contributed by atoms with Gasteiger partial charge in [0.1, 0.15) is 5.58 Å². The van der Waals surface area contributed by atoms with Crippen LogP contribution in [-0.4, -0.2) is 47.9 Å². The lowest BCUT2D eigenvalue weighted by Crippen LogP contribution is -2.37. The minimum absolute atomic E-state index is 0.0223. The van der Waals surface area contributed by atoms with E-state index in [9.17, 15) is 27.6 Å². The first kappa shape index (κ1) is 34.6. The lowest BCUT2D eigenvalue weighted by molar-refractivity contribution is -0.133. The number of para-hydroxylation sites is 1. The average molecular weight is 710 g/mol. The van der Waals surface area contributed by atoms with E-state index in [1.165, 1.54) is 17.7 Å². The quantitative estimate of drug-likeness (QED) is 0.140. The number of fused-ring (bicyclic) bond motifs is 1. The maximum Gasteiger partial charge on any atom is 0.446 e. The summed E-state index contributed by atoms with van der Waals surface area (Å²) in [6, 6.07) is 19.7. The summed E-state index contributed by atoms with van der Waals surface area (Å²) in [5.74, 6) is -0.634. The number of anilines is 1. The number of alkyl halides is 3. The number of likely N-dealkylation sites (tertiary alicyclic amines) is 1. The fraction of sp³-hybridized carbons (Fsp3) is 0.324. The van der Waals surface area contributed by atoms with E-state index in [2.05, 4.69) is 28.4 Å². The average Bonchev–Trinajstić information content (AvgIpc) is 3.07. The molecule has 2 fully saturated rings. The minimum Gasteiger partial charge on any atom is -0.451 e. The predicted molar refractivity (Wildman–Crippen MR) is 186 cm³/mol. The van der Waals surface area contributed by atoms with Crippen LogP contribution < -0.4 is 15.6 Å². The molecule has 0 saturated carbocycles. The Labute approximate surface area is 291 Å². The monoisotopic (exact) mass is 709 g/mol. The van der Waals surface area contributed by atoms with Crippen molar-refractivity contribution >= 4 is 51.8 Å². The highest BCUT2D eigenvalue weighted by Crippen LogP contribution is 2.37. The van der Waals surface area contributed by atoms with Gasteiger partial charge in [-0.2, -0.15) is 13.2 Å². The molecule has 256 valence electrons. The van der Waals surface area contributed by atoms with Crippen molar-refractivity contribution in [2.75, 3.05) is 24.5 Å². The molecular weight excluding hydrogens is 675 g/mol. The molecule has 0 bridgehead atoms. The number of carbonyl (C=O) groups excluding carboxylic acids is 2. The van der Waals surface area contributed by atoms with Crippen molar-refractivity contribution in [1.29, 1.82) is 0 Å². The highest BCUT2D eigenvalue weighted by atomic mass is 35.5. The number of carbonyl (C=O) groups is 2. The molecule has 2 saturated heterocycles. The number of rotatable bonds is 9. The highest BCUT2D eigenvalue weighted by Gasteiger charge is 2.29. The zero-order valence-electron chi connectivity index (χ0n) is 26.6. The Morgan fingerprint density at radius 2 is 1.71 bits per heavy atom. The third kappa shape index (κ3) is 9.07. The van der Waals surface area contributed by atoms with E-state index in [0.717, 1.165) is 74.3 Å². The van der Waals surface area contributed by atoms with Crippen LogP contribution in [0.3, 0.4) is 0 Å². The van der Waals surface area contributed by atoms with Gasteiger partial charge in [0.2, 0.25) is 5.91 Å². The number of nitrogens with one attached hydrogen (secondary N) is 1. The predicted octanol–water partition coefficient (Wildman–Crippen LogP) is 8.14. The number of piperidine rings is 2. The summed E-state index contributed by atoms with van der Waals surface area (Å²) >= 11 is 5.78. The van der Waals surface area contributed by atoms with Crippen LogP contribution in [0.15, 0.2) is 98.6 Å². The van der Waals surface area contributed by atoms with Crippen LogP contribution in [0.25, 0.3) is 11.0 Å². The lowest BCUT2D eigenvalue weighted by atomic mass is 9.97. The summed E-state index contributed by atoms with van der Waals surface area (Å²) in [5.41, 5.74) is -0.716. The number of thioether (sulfide) groups is 1. The van der Waals surface area contributed by atoms with Gasteiger partial charge in [-0.15, -0.1) is 0 Å². The summed E-state index contributed by atoms with van der Waals surface area (Å²) < 4.78 is 44.3. The zero-order chi connectivity index (χ0) is 34.5. The van der Waals surface area contributed by atoms with Gasteiger partial charge in [-0.25, -0.2) is 0 Å². The molecule has 1 N–H and O–H groups in total. The molecule has 1 aromatic heterocycles. The highest BCUT2D eigenvalue weighted by molar-refractivity contribution is 8.00. The maximum absolute atomic E-state index is 13.5. The molecule has 2 aliphatic rings. The van der Waals surface area contributed by atoms with Gasteiger partial charge >= 0.3 is 5.51 Å². The van der Waals surface area contributed by atoms with Crippen molar-refractivity contribution in [3.8, 4) is 0 Å². The molecule has 49 heavy (non-hydrogen) atoms. The molecule has 3 heterocycles. The van der Waals surface area contributed by atoms with Gasteiger partial charge < -0.3 is 19.5 Å². The Hall–Kier alpha value is -4.22. The normalized spacial score (nSPS) is 16.2. The van der Waals surface area contributed by atoms with E-state index in [0.29, 0.717) is 24.4 Å². The fourth-order valence-electron chi connectivity index (χ4n) is 6.38. The van der Waals surface area contributed by atoms with Crippen molar-refractivity contribution in [1.82, 2.24) is 10.2 Å². The van der Waals surface area contributed by atoms with Gasteiger partial charge in [-0.1, -0.05) is 53.6 Å². The third-order valence-electron chi connectivity index (χ3n) is 8.80. The number of benzene rings is 3. The molecule has 0 unspecified atom stereocenters. The van der Waals surface area contributed by atoms with E-state index in [1.807, 2.05) is 29.2 Å². The van der Waals surface area contributed by atoms with Gasteiger partial charge in [0, 0.05) is 54.3 Å².